The first-order chi connectivity index (χ1) is 10.1. The molecule has 0 aliphatic carbocycles. The van der Waals surface area contributed by atoms with E-state index in [2.05, 4.69) is 5.32 Å². The van der Waals surface area contributed by atoms with Crippen molar-refractivity contribution in [3.8, 4) is 5.75 Å². The van der Waals surface area contributed by atoms with E-state index in [4.69, 9.17) is 10.5 Å². The fraction of sp³-hybridized carbons (Fsp3) is 0.125. The van der Waals surface area contributed by atoms with Crippen LogP contribution < -0.4 is 15.8 Å². The standard InChI is InChI=1S/C16H14N2O3/c1-21-14-8-11(17)3-4-12(14)16(20)9-2-5-13-10(6-9)7-15(19)18-13/h2-6,8H,7,17H2,1H3,(H,18,19). The Morgan fingerprint density at radius 1 is 1.24 bits per heavy atom. The van der Waals surface area contributed by atoms with Crippen molar-refractivity contribution >= 4 is 23.1 Å². The molecule has 0 atom stereocenters. The summed E-state index contributed by atoms with van der Waals surface area (Å²) in [5, 5.41) is 2.74. The Hall–Kier alpha value is -2.82. The number of nitrogens with two attached hydrogens (primary N) is 1. The van der Waals surface area contributed by atoms with Crippen molar-refractivity contribution in [2.24, 2.45) is 0 Å². The molecule has 1 aliphatic heterocycles. The van der Waals surface area contributed by atoms with Gasteiger partial charge >= 0.3 is 0 Å². The van der Waals surface area contributed by atoms with Crippen molar-refractivity contribution in [2.45, 2.75) is 6.42 Å². The van der Waals surface area contributed by atoms with Gasteiger partial charge in [0.1, 0.15) is 5.75 Å². The van der Waals surface area contributed by atoms with Crippen LogP contribution in [-0.4, -0.2) is 18.8 Å². The van der Waals surface area contributed by atoms with Crippen LogP contribution in [0.25, 0.3) is 0 Å². The second-order valence-electron chi connectivity index (χ2n) is 4.89. The van der Waals surface area contributed by atoms with Gasteiger partial charge in [0.15, 0.2) is 5.78 Å². The van der Waals surface area contributed by atoms with Crippen LogP contribution >= 0.6 is 0 Å². The zero-order chi connectivity index (χ0) is 15.0. The zero-order valence-corrected chi connectivity index (χ0v) is 11.5. The first-order valence-corrected chi connectivity index (χ1v) is 6.49. The van der Waals surface area contributed by atoms with Crippen LogP contribution in [0, 0.1) is 0 Å². The first-order valence-electron chi connectivity index (χ1n) is 6.49. The van der Waals surface area contributed by atoms with E-state index in [9.17, 15) is 9.59 Å². The average molecular weight is 282 g/mol. The fourth-order valence-corrected chi connectivity index (χ4v) is 2.42. The Bertz CT molecular complexity index is 753. The van der Waals surface area contributed by atoms with Gasteiger partial charge in [-0.05, 0) is 35.9 Å². The Morgan fingerprint density at radius 2 is 2.05 bits per heavy atom. The largest absolute Gasteiger partial charge is 0.496 e. The summed E-state index contributed by atoms with van der Waals surface area (Å²) in [6, 6.07) is 10.1. The number of hydrogen-bond acceptors (Lipinski definition) is 4. The van der Waals surface area contributed by atoms with Gasteiger partial charge in [-0.2, -0.15) is 0 Å². The molecule has 3 N–H and O–H groups in total. The molecule has 2 aromatic rings. The molecule has 1 amide bonds. The minimum atomic E-state index is -0.158. The lowest BCUT2D eigenvalue weighted by molar-refractivity contribution is -0.115. The zero-order valence-electron chi connectivity index (χ0n) is 11.5. The third-order valence-electron chi connectivity index (χ3n) is 3.46. The molecule has 5 heteroatoms. The van der Waals surface area contributed by atoms with E-state index >= 15 is 0 Å². The highest BCUT2D eigenvalue weighted by molar-refractivity contribution is 6.12. The number of benzene rings is 2. The highest BCUT2D eigenvalue weighted by atomic mass is 16.5. The molecule has 0 bridgehead atoms. The highest BCUT2D eigenvalue weighted by Crippen LogP contribution is 2.28. The second-order valence-corrected chi connectivity index (χ2v) is 4.89. The number of carbonyl (C=O) groups is 2. The van der Waals surface area contributed by atoms with Gasteiger partial charge < -0.3 is 15.8 Å². The van der Waals surface area contributed by atoms with E-state index in [1.807, 2.05) is 0 Å². The van der Waals surface area contributed by atoms with Crippen LogP contribution in [0.5, 0.6) is 5.75 Å². The first kappa shape index (κ1) is 13.2. The normalized spacial score (nSPS) is 12.7. The summed E-state index contributed by atoms with van der Waals surface area (Å²) < 4.78 is 5.21. The molecule has 0 radical (unpaired) electrons. The number of nitrogen functional groups attached to an aromatic ring is 1. The summed E-state index contributed by atoms with van der Waals surface area (Å²) >= 11 is 0. The molecule has 2 aromatic carbocycles. The molecule has 1 heterocycles. The van der Waals surface area contributed by atoms with Gasteiger partial charge in [-0.3, -0.25) is 9.59 Å². The summed E-state index contributed by atoms with van der Waals surface area (Å²) in [6.45, 7) is 0. The number of fused-ring (bicyclic) bond motifs is 1. The van der Waals surface area contributed by atoms with Gasteiger partial charge in [0.05, 0.1) is 19.1 Å². The maximum atomic E-state index is 12.6. The van der Waals surface area contributed by atoms with Gasteiger partial charge in [-0.1, -0.05) is 0 Å². The lowest BCUT2D eigenvalue weighted by Crippen LogP contribution is -2.05. The number of rotatable bonds is 3. The van der Waals surface area contributed by atoms with Gasteiger partial charge in [0.2, 0.25) is 5.91 Å². The summed E-state index contributed by atoms with van der Waals surface area (Å²) in [4.78, 5) is 24.0. The topological polar surface area (TPSA) is 81.4 Å². The average Bonchev–Trinajstić information content (AvgIpc) is 2.85. The lowest BCUT2D eigenvalue weighted by atomic mass is 9.99. The second kappa shape index (κ2) is 4.94. The van der Waals surface area contributed by atoms with Gasteiger partial charge in [0, 0.05) is 23.0 Å². The molecule has 21 heavy (non-hydrogen) atoms. The molecule has 106 valence electrons. The molecule has 5 nitrogen and oxygen atoms in total. The highest BCUT2D eigenvalue weighted by Gasteiger charge is 2.21. The van der Waals surface area contributed by atoms with Crippen LogP contribution in [0.1, 0.15) is 21.5 Å². The third kappa shape index (κ3) is 2.33. The van der Waals surface area contributed by atoms with E-state index in [0.29, 0.717) is 29.0 Å². The SMILES string of the molecule is COc1cc(N)ccc1C(=O)c1ccc2c(c1)CC(=O)N2. The number of ketones is 1. The van der Waals surface area contributed by atoms with Crippen LogP contribution in [0.3, 0.4) is 0 Å². The Kier molecular flexibility index (Phi) is 3.10. The molecule has 1 aliphatic rings. The minimum absolute atomic E-state index is 0.0559. The van der Waals surface area contributed by atoms with E-state index in [1.165, 1.54) is 7.11 Å². The Morgan fingerprint density at radius 3 is 2.81 bits per heavy atom. The third-order valence-corrected chi connectivity index (χ3v) is 3.46. The maximum absolute atomic E-state index is 12.6. The van der Waals surface area contributed by atoms with Gasteiger partial charge in [-0.15, -0.1) is 0 Å². The fourth-order valence-electron chi connectivity index (χ4n) is 2.42. The predicted molar refractivity (Wildman–Crippen MR) is 79.6 cm³/mol. The van der Waals surface area contributed by atoms with Crippen molar-refractivity contribution in [3.63, 3.8) is 0 Å². The number of anilines is 2. The van der Waals surface area contributed by atoms with Crippen molar-refractivity contribution in [2.75, 3.05) is 18.2 Å². The van der Waals surface area contributed by atoms with E-state index in [0.717, 1.165) is 11.3 Å². The lowest BCUT2D eigenvalue weighted by Gasteiger charge is -2.09. The summed E-state index contributed by atoms with van der Waals surface area (Å²) in [6.07, 6.45) is 0.301. The number of carbonyl (C=O) groups excluding carboxylic acids is 2. The van der Waals surface area contributed by atoms with Gasteiger partial charge in [0.25, 0.3) is 0 Å². The number of ether oxygens (including phenoxy) is 1. The Labute approximate surface area is 121 Å². The molecular weight excluding hydrogens is 268 g/mol. The summed E-state index contributed by atoms with van der Waals surface area (Å²) in [5.74, 6) is 0.225. The van der Waals surface area contributed by atoms with Crippen molar-refractivity contribution in [1.29, 1.82) is 0 Å². The van der Waals surface area contributed by atoms with E-state index in [-0.39, 0.29) is 11.7 Å². The van der Waals surface area contributed by atoms with Gasteiger partial charge in [-0.25, -0.2) is 0 Å². The summed E-state index contributed by atoms with van der Waals surface area (Å²) in [7, 11) is 1.50. The van der Waals surface area contributed by atoms with Crippen molar-refractivity contribution < 1.29 is 14.3 Å². The monoisotopic (exact) mass is 282 g/mol. The number of methoxy groups -OCH3 is 1. The van der Waals surface area contributed by atoms with Crippen molar-refractivity contribution in [1.82, 2.24) is 0 Å². The molecular formula is C16H14N2O3. The molecule has 0 spiro atoms. The molecule has 0 fully saturated rings. The summed E-state index contributed by atoms with van der Waals surface area (Å²) in [5.41, 5.74) is 8.80. The predicted octanol–water partition coefficient (Wildman–Crippen LogP) is 2.00. The van der Waals surface area contributed by atoms with Crippen LogP contribution in [0.2, 0.25) is 0 Å². The van der Waals surface area contributed by atoms with Crippen LogP contribution in [0.4, 0.5) is 11.4 Å². The van der Waals surface area contributed by atoms with Crippen molar-refractivity contribution in [3.05, 3.63) is 53.1 Å². The minimum Gasteiger partial charge on any atom is -0.496 e. The quantitative estimate of drug-likeness (QED) is 0.666. The molecule has 0 saturated heterocycles. The molecule has 3 rings (SSSR count). The van der Waals surface area contributed by atoms with E-state index < -0.39 is 0 Å². The smallest absolute Gasteiger partial charge is 0.228 e. The molecule has 0 unspecified atom stereocenters. The number of nitrogens with one attached hydrogen (secondary N) is 1. The Balaban J connectivity index is 2.00. The van der Waals surface area contributed by atoms with Crippen LogP contribution in [-0.2, 0) is 11.2 Å². The van der Waals surface area contributed by atoms with E-state index in [1.54, 1.807) is 36.4 Å². The number of hydrogen-bond donors (Lipinski definition) is 2. The molecule has 0 aromatic heterocycles. The van der Waals surface area contributed by atoms with Crippen LogP contribution in [0.15, 0.2) is 36.4 Å². The maximum Gasteiger partial charge on any atom is 0.228 e. The molecule has 0 saturated carbocycles. The number of amides is 1.